The SMILES string of the molecule is [2H]C([2H])([2H])C([2H])([2H])N1C(=O)CCC1O. The third-order valence-electron chi connectivity index (χ3n) is 1.30. The summed E-state index contributed by atoms with van der Waals surface area (Å²) in [5, 5.41) is 9.27. The van der Waals surface area contributed by atoms with Crippen LogP contribution in [0.5, 0.6) is 0 Å². The highest BCUT2D eigenvalue weighted by molar-refractivity contribution is 5.78. The molecule has 0 aliphatic carbocycles. The molecular formula is C6H11NO2. The van der Waals surface area contributed by atoms with Crippen molar-refractivity contribution in [2.75, 3.05) is 6.50 Å². The number of hydrogen-bond acceptors (Lipinski definition) is 2. The fourth-order valence-electron chi connectivity index (χ4n) is 0.805. The molecule has 1 atom stereocenters. The highest BCUT2D eigenvalue weighted by Gasteiger charge is 2.26. The molecule has 3 nitrogen and oxygen atoms in total. The Hall–Kier alpha value is -0.570. The van der Waals surface area contributed by atoms with Gasteiger partial charge in [-0.05, 0) is 6.85 Å². The van der Waals surface area contributed by atoms with E-state index in [0.29, 0.717) is 4.90 Å². The van der Waals surface area contributed by atoms with E-state index in [0.717, 1.165) is 0 Å². The number of amides is 1. The van der Waals surface area contributed by atoms with Crippen molar-refractivity contribution in [3.8, 4) is 0 Å². The van der Waals surface area contributed by atoms with Gasteiger partial charge in [-0.1, -0.05) is 0 Å². The van der Waals surface area contributed by atoms with E-state index in [1.54, 1.807) is 0 Å². The molecule has 52 valence electrons. The first kappa shape index (κ1) is 2.58. The summed E-state index contributed by atoms with van der Waals surface area (Å²) in [7, 11) is 0. The first-order valence-corrected chi connectivity index (χ1v) is 2.68. The molecule has 0 bridgehead atoms. The maximum absolute atomic E-state index is 11.2. The lowest BCUT2D eigenvalue weighted by Crippen LogP contribution is -2.32. The van der Waals surface area contributed by atoms with Crippen LogP contribution in [0.4, 0.5) is 0 Å². The number of aliphatic hydroxyl groups excluding tert-OH is 1. The summed E-state index contributed by atoms with van der Waals surface area (Å²) in [5.41, 5.74) is 0. The lowest BCUT2D eigenvalue weighted by molar-refractivity contribution is -0.132. The number of nitrogens with zero attached hydrogens (tertiary/aromatic N) is 1. The molecule has 1 aliphatic rings. The Balaban J connectivity index is 2.97. The van der Waals surface area contributed by atoms with Crippen LogP contribution in [0.15, 0.2) is 0 Å². The van der Waals surface area contributed by atoms with Gasteiger partial charge >= 0.3 is 0 Å². The van der Waals surface area contributed by atoms with E-state index in [1.165, 1.54) is 0 Å². The average molecular weight is 134 g/mol. The van der Waals surface area contributed by atoms with Crippen LogP contribution in [0.2, 0.25) is 0 Å². The molecule has 0 aromatic heterocycles. The van der Waals surface area contributed by atoms with Crippen molar-refractivity contribution in [2.24, 2.45) is 0 Å². The van der Waals surface area contributed by atoms with Gasteiger partial charge in [-0.15, -0.1) is 0 Å². The van der Waals surface area contributed by atoms with E-state index < -0.39 is 25.5 Å². The van der Waals surface area contributed by atoms with Crippen LogP contribution in [0.1, 0.15) is 26.5 Å². The fourth-order valence-corrected chi connectivity index (χ4v) is 0.805. The number of carbonyl (C=O) groups is 1. The zero-order valence-corrected chi connectivity index (χ0v) is 4.79. The van der Waals surface area contributed by atoms with Crippen LogP contribution in [-0.2, 0) is 4.79 Å². The summed E-state index contributed by atoms with van der Waals surface area (Å²) in [4.78, 5) is 11.6. The van der Waals surface area contributed by atoms with E-state index in [1.807, 2.05) is 0 Å². The van der Waals surface area contributed by atoms with E-state index in [2.05, 4.69) is 0 Å². The van der Waals surface area contributed by atoms with Gasteiger partial charge in [-0.3, -0.25) is 4.79 Å². The first-order valence-electron chi connectivity index (χ1n) is 5.18. The van der Waals surface area contributed by atoms with Crippen molar-refractivity contribution in [1.82, 2.24) is 4.90 Å². The van der Waals surface area contributed by atoms with E-state index >= 15 is 0 Å². The van der Waals surface area contributed by atoms with Crippen LogP contribution >= 0.6 is 0 Å². The fraction of sp³-hybridized carbons (Fsp3) is 0.833. The molecule has 1 amide bonds. The maximum Gasteiger partial charge on any atom is 0.224 e. The first-order chi connectivity index (χ1) is 6.18. The molecule has 3 heteroatoms. The second kappa shape index (κ2) is 2.35. The molecule has 0 saturated carbocycles. The van der Waals surface area contributed by atoms with Gasteiger partial charge in [0, 0.05) is 26.2 Å². The zero-order chi connectivity index (χ0) is 11.1. The van der Waals surface area contributed by atoms with E-state index in [-0.39, 0.29) is 12.8 Å². The number of likely N-dealkylation sites (tertiary alicyclic amines) is 1. The molecule has 1 rings (SSSR count). The number of hydrogen-bond donors (Lipinski definition) is 1. The molecular weight excluding hydrogens is 118 g/mol. The van der Waals surface area contributed by atoms with Crippen LogP contribution in [0.25, 0.3) is 0 Å². The molecule has 0 radical (unpaired) electrons. The quantitative estimate of drug-likeness (QED) is 0.546. The highest BCUT2D eigenvalue weighted by atomic mass is 16.3. The van der Waals surface area contributed by atoms with Gasteiger partial charge in [0.25, 0.3) is 0 Å². The van der Waals surface area contributed by atoms with E-state index in [4.69, 9.17) is 6.85 Å². The predicted molar refractivity (Wildman–Crippen MR) is 32.6 cm³/mol. The molecule has 1 aliphatic heterocycles. The largest absolute Gasteiger partial charge is 0.374 e. The second-order valence-electron chi connectivity index (χ2n) is 1.89. The molecule has 9 heavy (non-hydrogen) atoms. The lowest BCUT2D eigenvalue weighted by Gasteiger charge is -2.16. The Morgan fingerprint density at radius 3 is 3.44 bits per heavy atom. The topological polar surface area (TPSA) is 40.5 Å². The maximum atomic E-state index is 11.2. The van der Waals surface area contributed by atoms with Crippen molar-refractivity contribution in [3.05, 3.63) is 0 Å². The predicted octanol–water partition coefficient (Wildman–Crippen LogP) is -0.0529. The number of rotatable bonds is 1. The third-order valence-corrected chi connectivity index (χ3v) is 1.30. The Labute approximate surface area is 61.3 Å². The highest BCUT2D eigenvalue weighted by Crippen LogP contribution is 2.14. The number of carbonyl (C=O) groups excluding carboxylic acids is 1. The summed E-state index contributed by atoms with van der Waals surface area (Å²) < 4.78 is 35.4. The molecule has 1 fully saturated rings. The van der Waals surface area contributed by atoms with Crippen LogP contribution < -0.4 is 0 Å². The zero-order valence-electron chi connectivity index (χ0n) is 9.79. The van der Waals surface area contributed by atoms with Crippen LogP contribution in [-0.4, -0.2) is 28.6 Å². The monoisotopic (exact) mass is 134 g/mol. The smallest absolute Gasteiger partial charge is 0.224 e. The summed E-state index contributed by atoms with van der Waals surface area (Å²) in [6.07, 6.45) is -1.27. The van der Waals surface area contributed by atoms with Crippen LogP contribution in [0, 0.1) is 0 Å². The molecule has 1 heterocycles. The van der Waals surface area contributed by atoms with Gasteiger partial charge in [-0.2, -0.15) is 0 Å². The minimum Gasteiger partial charge on any atom is -0.374 e. The van der Waals surface area contributed by atoms with Crippen molar-refractivity contribution in [1.29, 1.82) is 0 Å². The normalized spacial score (nSPS) is 38.8. The molecule has 0 spiro atoms. The Morgan fingerprint density at radius 2 is 3.00 bits per heavy atom. The van der Waals surface area contributed by atoms with Crippen molar-refractivity contribution in [2.45, 2.75) is 25.9 Å². The Morgan fingerprint density at radius 1 is 2.22 bits per heavy atom. The summed E-state index contributed by atoms with van der Waals surface area (Å²) in [6, 6.07) is 0. The molecule has 1 saturated heterocycles. The molecule has 0 aromatic carbocycles. The van der Waals surface area contributed by atoms with Gasteiger partial charge in [0.05, 0.1) is 0 Å². The van der Waals surface area contributed by atoms with Gasteiger partial charge in [0.1, 0.15) is 6.23 Å². The Kier molecular flexibility index (Phi) is 0.674. The van der Waals surface area contributed by atoms with Crippen molar-refractivity contribution < 1.29 is 16.8 Å². The lowest BCUT2D eigenvalue weighted by atomic mass is 10.4. The third kappa shape index (κ3) is 1.05. The van der Waals surface area contributed by atoms with Crippen molar-refractivity contribution >= 4 is 5.91 Å². The van der Waals surface area contributed by atoms with Gasteiger partial charge < -0.3 is 10.0 Å². The molecule has 0 aromatic rings. The molecule has 1 N–H and O–H groups in total. The van der Waals surface area contributed by atoms with Gasteiger partial charge in [0.2, 0.25) is 5.91 Å². The van der Waals surface area contributed by atoms with Crippen molar-refractivity contribution in [3.63, 3.8) is 0 Å². The van der Waals surface area contributed by atoms with Gasteiger partial charge in [0.15, 0.2) is 0 Å². The number of aliphatic hydroxyl groups is 1. The van der Waals surface area contributed by atoms with E-state index in [9.17, 15) is 9.90 Å². The summed E-state index contributed by atoms with van der Waals surface area (Å²) in [6.45, 7) is -5.76. The standard InChI is InChI=1S/C6H11NO2/c1-2-7-5(8)3-4-6(7)9/h5,8H,2-4H2,1H3/i1D3,2D2. The Bertz CT molecular complexity index is 251. The average Bonchev–Trinajstić information content (AvgIpc) is 2.28. The summed E-state index contributed by atoms with van der Waals surface area (Å²) >= 11 is 0. The minimum atomic E-state index is -2.95. The second-order valence-corrected chi connectivity index (χ2v) is 1.89. The van der Waals surface area contributed by atoms with Gasteiger partial charge in [-0.25, -0.2) is 0 Å². The van der Waals surface area contributed by atoms with Crippen LogP contribution in [0.3, 0.4) is 0 Å². The molecule has 1 unspecified atom stereocenters. The minimum absolute atomic E-state index is 0.0171. The summed E-state index contributed by atoms with van der Waals surface area (Å²) in [5.74, 6) is -0.668.